The molecule has 1 saturated heterocycles. The van der Waals surface area contributed by atoms with Crippen LogP contribution in [-0.2, 0) is 14.4 Å². The molecule has 0 spiro atoms. The lowest BCUT2D eigenvalue weighted by Gasteiger charge is -2.30. The number of nitrogens with zero attached hydrogens (tertiary/aromatic N) is 2. The minimum Gasteiger partial charge on any atom is -0.382 e. The van der Waals surface area contributed by atoms with Crippen molar-refractivity contribution in [2.75, 3.05) is 39.8 Å². The van der Waals surface area contributed by atoms with E-state index in [2.05, 4.69) is 17.5 Å². The summed E-state index contributed by atoms with van der Waals surface area (Å²) in [6.07, 6.45) is -0.248. The van der Waals surface area contributed by atoms with Gasteiger partial charge in [-0.05, 0) is 12.5 Å². The van der Waals surface area contributed by atoms with Gasteiger partial charge in [0, 0.05) is 6.42 Å². The number of amides is 2. The van der Waals surface area contributed by atoms with E-state index in [9.17, 15) is 9.59 Å². The molecule has 0 unspecified atom stereocenters. The van der Waals surface area contributed by atoms with Gasteiger partial charge in [-0.2, -0.15) is 0 Å². The molecule has 2 amide bonds. The number of carbonyl (C=O) groups is 2. The molecule has 0 saturated carbocycles. The molecule has 134 valence electrons. The quantitative estimate of drug-likeness (QED) is 0.732. The average Bonchev–Trinajstić information content (AvgIpc) is 3.11. The van der Waals surface area contributed by atoms with Gasteiger partial charge in [-0.1, -0.05) is 35.0 Å². The van der Waals surface area contributed by atoms with E-state index in [0.717, 1.165) is 37.5 Å². The van der Waals surface area contributed by atoms with E-state index in [-0.39, 0.29) is 18.4 Å². The van der Waals surface area contributed by atoms with Crippen molar-refractivity contribution in [2.45, 2.75) is 19.4 Å². The Morgan fingerprint density at radius 3 is 2.64 bits per heavy atom. The highest BCUT2D eigenvalue weighted by molar-refractivity contribution is 6.04. The summed E-state index contributed by atoms with van der Waals surface area (Å²) in [5, 5.41) is 6.70. The van der Waals surface area contributed by atoms with E-state index >= 15 is 0 Å². The second-order valence-electron chi connectivity index (χ2n) is 6.76. The van der Waals surface area contributed by atoms with Crippen molar-refractivity contribution in [1.29, 1.82) is 0 Å². The number of hydrogen-bond acceptors (Lipinski definition) is 4. The second-order valence-corrected chi connectivity index (χ2v) is 6.76. The molecular formula is C18H25N4O3+. The van der Waals surface area contributed by atoms with Crippen LogP contribution in [0, 0.1) is 6.92 Å². The summed E-state index contributed by atoms with van der Waals surface area (Å²) >= 11 is 0. The van der Waals surface area contributed by atoms with Crippen molar-refractivity contribution in [3.8, 4) is 0 Å². The standard InChI is InChI=1S/C18H24N4O3/c1-13-3-5-14(6-4-13)15-11-16(25-20-15)18(24)19-12-17(23)22-9-7-21(2)8-10-22/h3-6,16H,7-12H2,1-2H3,(H,19,24)/p+1/t16-/m0/s1. The summed E-state index contributed by atoms with van der Waals surface area (Å²) in [4.78, 5) is 32.9. The van der Waals surface area contributed by atoms with Crippen LogP contribution in [0.3, 0.4) is 0 Å². The number of carbonyl (C=O) groups excluding carboxylic acids is 2. The van der Waals surface area contributed by atoms with Crippen molar-refractivity contribution >= 4 is 17.5 Å². The van der Waals surface area contributed by atoms with Crippen molar-refractivity contribution in [3.05, 3.63) is 35.4 Å². The molecule has 1 fully saturated rings. The van der Waals surface area contributed by atoms with E-state index in [1.807, 2.05) is 31.2 Å². The van der Waals surface area contributed by atoms with Crippen LogP contribution >= 0.6 is 0 Å². The predicted octanol–water partition coefficient (Wildman–Crippen LogP) is -1.04. The van der Waals surface area contributed by atoms with E-state index in [1.54, 1.807) is 4.90 Å². The first-order valence-corrected chi connectivity index (χ1v) is 8.69. The number of piperazine rings is 1. The van der Waals surface area contributed by atoms with Crippen LogP contribution in [0.15, 0.2) is 29.4 Å². The van der Waals surface area contributed by atoms with Gasteiger partial charge in [0.1, 0.15) is 0 Å². The summed E-state index contributed by atoms with van der Waals surface area (Å²) in [6.45, 7) is 5.39. The van der Waals surface area contributed by atoms with Gasteiger partial charge in [-0.15, -0.1) is 0 Å². The Morgan fingerprint density at radius 1 is 1.28 bits per heavy atom. The van der Waals surface area contributed by atoms with Gasteiger partial charge in [0.05, 0.1) is 45.5 Å². The van der Waals surface area contributed by atoms with Crippen molar-refractivity contribution in [1.82, 2.24) is 10.2 Å². The largest absolute Gasteiger partial charge is 0.382 e. The van der Waals surface area contributed by atoms with Crippen molar-refractivity contribution < 1.29 is 19.3 Å². The van der Waals surface area contributed by atoms with Gasteiger partial charge in [0.25, 0.3) is 5.91 Å². The van der Waals surface area contributed by atoms with Crippen LogP contribution in [0.4, 0.5) is 0 Å². The fourth-order valence-electron chi connectivity index (χ4n) is 2.96. The van der Waals surface area contributed by atoms with Gasteiger partial charge < -0.3 is 20.0 Å². The molecule has 0 radical (unpaired) electrons. The molecule has 0 aromatic heterocycles. The number of hydrogen-bond donors (Lipinski definition) is 2. The molecule has 3 rings (SSSR count). The number of rotatable bonds is 4. The summed E-state index contributed by atoms with van der Waals surface area (Å²) < 4.78 is 0. The monoisotopic (exact) mass is 345 g/mol. The third kappa shape index (κ3) is 4.36. The molecule has 2 aliphatic heterocycles. The number of nitrogens with one attached hydrogen (secondary N) is 2. The SMILES string of the molecule is Cc1ccc(C2=NO[C@H](C(=O)NCC(=O)N3CC[NH+](C)CC3)C2)cc1. The molecule has 2 N–H and O–H groups in total. The third-order valence-electron chi connectivity index (χ3n) is 4.73. The zero-order chi connectivity index (χ0) is 17.8. The zero-order valence-electron chi connectivity index (χ0n) is 14.7. The number of benzene rings is 1. The molecule has 1 aromatic carbocycles. The summed E-state index contributed by atoms with van der Waals surface area (Å²) in [7, 11) is 2.12. The highest BCUT2D eigenvalue weighted by atomic mass is 16.6. The molecule has 1 atom stereocenters. The fourth-order valence-corrected chi connectivity index (χ4v) is 2.96. The lowest BCUT2D eigenvalue weighted by molar-refractivity contribution is -0.883. The Bertz CT molecular complexity index is 663. The van der Waals surface area contributed by atoms with Crippen LogP contribution in [0.25, 0.3) is 0 Å². The Kier molecular flexibility index (Phi) is 5.33. The Balaban J connectivity index is 1.45. The molecule has 0 aliphatic carbocycles. The molecule has 7 nitrogen and oxygen atoms in total. The Labute approximate surface area is 147 Å². The summed E-state index contributed by atoms with van der Waals surface area (Å²) in [5.41, 5.74) is 2.88. The Morgan fingerprint density at radius 2 is 1.96 bits per heavy atom. The molecular weight excluding hydrogens is 320 g/mol. The number of quaternary nitrogens is 1. The van der Waals surface area contributed by atoms with Crippen LogP contribution in [-0.4, -0.2) is 68.3 Å². The first kappa shape index (κ1) is 17.4. The lowest BCUT2D eigenvalue weighted by atomic mass is 10.0. The lowest BCUT2D eigenvalue weighted by Crippen LogP contribution is -3.12. The number of oxime groups is 1. The van der Waals surface area contributed by atoms with Gasteiger partial charge in [0.15, 0.2) is 0 Å². The van der Waals surface area contributed by atoms with E-state index in [4.69, 9.17) is 4.84 Å². The molecule has 1 aromatic rings. The summed E-state index contributed by atoms with van der Waals surface area (Å²) in [6, 6.07) is 7.94. The minimum absolute atomic E-state index is 0.0115. The second kappa shape index (κ2) is 7.65. The van der Waals surface area contributed by atoms with Crippen LogP contribution in [0.2, 0.25) is 0 Å². The first-order valence-electron chi connectivity index (χ1n) is 8.69. The van der Waals surface area contributed by atoms with Gasteiger partial charge in [0.2, 0.25) is 12.0 Å². The van der Waals surface area contributed by atoms with Crippen LogP contribution in [0.1, 0.15) is 17.5 Å². The van der Waals surface area contributed by atoms with E-state index < -0.39 is 6.10 Å². The topological polar surface area (TPSA) is 75.4 Å². The van der Waals surface area contributed by atoms with Gasteiger partial charge in [-0.25, -0.2) is 0 Å². The maximum atomic E-state index is 12.2. The van der Waals surface area contributed by atoms with E-state index in [1.165, 1.54) is 10.5 Å². The van der Waals surface area contributed by atoms with Crippen LogP contribution < -0.4 is 10.2 Å². The Hall–Kier alpha value is -2.41. The molecule has 25 heavy (non-hydrogen) atoms. The normalized spacial score (nSPS) is 20.8. The molecule has 0 bridgehead atoms. The molecule has 7 heteroatoms. The highest BCUT2D eigenvalue weighted by Crippen LogP contribution is 2.17. The number of likely N-dealkylation sites (N-methyl/N-ethyl adjacent to an activating group) is 1. The third-order valence-corrected chi connectivity index (χ3v) is 4.73. The van der Waals surface area contributed by atoms with Gasteiger partial charge in [-0.3, -0.25) is 9.59 Å². The smallest absolute Gasteiger partial charge is 0.264 e. The van der Waals surface area contributed by atoms with Crippen LogP contribution in [0.5, 0.6) is 0 Å². The van der Waals surface area contributed by atoms with Gasteiger partial charge >= 0.3 is 0 Å². The predicted molar refractivity (Wildman–Crippen MR) is 93.4 cm³/mol. The first-order chi connectivity index (χ1) is 12.0. The zero-order valence-corrected chi connectivity index (χ0v) is 14.7. The maximum absolute atomic E-state index is 12.2. The maximum Gasteiger partial charge on any atom is 0.264 e. The molecule has 2 heterocycles. The molecule has 2 aliphatic rings. The highest BCUT2D eigenvalue weighted by Gasteiger charge is 2.29. The minimum atomic E-state index is -0.666. The van der Waals surface area contributed by atoms with Crippen molar-refractivity contribution in [2.24, 2.45) is 5.16 Å². The van der Waals surface area contributed by atoms with E-state index in [0.29, 0.717) is 6.42 Å². The fraction of sp³-hybridized carbons (Fsp3) is 0.500. The van der Waals surface area contributed by atoms with Crippen molar-refractivity contribution in [3.63, 3.8) is 0 Å². The summed E-state index contributed by atoms with van der Waals surface area (Å²) in [5.74, 6) is -0.336. The average molecular weight is 345 g/mol. The number of aryl methyl sites for hydroxylation is 1.